The van der Waals surface area contributed by atoms with Gasteiger partial charge in [0.05, 0.1) is 4.90 Å². The van der Waals surface area contributed by atoms with E-state index in [0.29, 0.717) is 16.9 Å². The average molecular weight is 391 g/mol. The largest absolute Gasteiger partial charge is 0.484 e. The van der Waals surface area contributed by atoms with Crippen molar-refractivity contribution in [1.82, 2.24) is 10.3 Å². The number of hydrogen-bond donors (Lipinski definition) is 2. The molecule has 0 heterocycles. The van der Waals surface area contributed by atoms with Crippen LogP contribution in [-0.2, 0) is 14.8 Å². The van der Waals surface area contributed by atoms with E-state index in [1.165, 1.54) is 0 Å². The van der Waals surface area contributed by atoms with Gasteiger partial charge in [0.25, 0.3) is 15.9 Å². The van der Waals surface area contributed by atoms with Crippen molar-refractivity contribution in [2.45, 2.75) is 46.4 Å². The number of carbonyl (C=O) groups is 1. The lowest BCUT2D eigenvalue weighted by atomic mass is 9.95. The quantitative estimate of drug-likeness (QED) is 0.743. The van der Waals surface area contributed by atoms with Crippen molar-refractivity contribution in [3.63, 3.8) is 0 Å². The Hall–Kier alpha value is -2.38. The first-order chi connectivity index (χ1) is 12.5. The molecule has 0 aliphatic rings. The Morgan fingerprint density at radius 3 is 1.85 bits per heavy atom. The van der Waals surface area contributed by atoms with Crippen LogP contribution in [0.3, 0.4) is 0 Å². The number of sulfonamides is 1. The third-order valence-electron chi connectivity index (χ3n) is 4.92. The van der Waals surface area contributed by atoms with Gasteiger partial charge in [-0.3, -0.25) is 10.2 Å². The molecule has 0 unspecified atom stereocenters. The molecule has 27 heavy (non-hydrogen) atoms. The van der Waals surface area contributed by atoms with Crippen LogP contribution >= 0.6 is 0 Å². The predicted octanol–water partition coefficient (Wildman–Crippen LogP) is 2.93. The SMILES string of the molecule is Cc1ccc(OCC(=O)NNS(=O)(=O)c2c(C)c(C)c(C)c(C)c2C)cc1. The number of nitrogens with one attached hydrogen (secondary N) is 2. The van der Waals surface area contributed by atoms with Gasteiger partial charge in [-0.2, -0.15) is 0 Å². The number of carbonyl (C=O) groups excluding carboxylic acids is 1. The second-order valence-corrected chi connectivity index (χ2v) is 8.33. The normalized spacial score (nSPS) is 11.3. The van der Waals surface area contributed by atoms with Crippen molar-refractivity contribution in [1.29, 1.82) is 0 Å². The molecule has 0 aliphatic heterocycles. The van der Waals surface area contributed by atoms with E-state index in [1.54, 1.807) is 26.0 Å². The highest BCUT2D eigenvalue weighted by atomic mass is 32.2. The van der Waals surface area contributed by atoms with Crippen LogP contribution in [0.5, 0.6) is 5.75 Å². The number of hydrogen-bond acceptors (Lipinski definition) is 4. The first-order valence-corrected chi connectivity index (χ1v) is 10.1. The summed E-state index contributed by atoms with van der Waals surface area (Å²) in [6, 6.07) is 7.22. The van der Waals surface area contributed by atoms with Gasteiger partial charge in [-0.15, -0.1) is 4.83 Å². The first kappa shape index (κ1) is 20.9. The van der Waals surface area contributed by atoms with E-state index in [1.807, 2.05) is 39.8 Å². The lowest BCUT2D eigenvalue weighted by molar-refractivity contribution is -0.123. The third kappa shape index (κ3) is 4.67. The Morgan fingerprint density at radius 2 is 1.33 bits per heavy atom. The summed E-state index contributed by atoms with van der Waals surface area (Å²) in [4.78, 5) is 14.3. The van der Waals surface area contributed by atoms with E-state index in [0.717, 1.165) is 22.3 Å². The second-order valence-electron chi connectivity index (χ2n) is 6.71. The number of rotatable bonds is 6. The number of benzene rings is 2. The Labute approximate surface area is 161 Å². The van der Waals surface area contributed by atoms with E-state index in [2.05, 4.69) is 10.3 Å². The lowest BCUT2D eigenvalue weighted by Crippen LogP contribution is -2.44. The zero-order chi connectivity index (χ0) is 20.4. The molecule has 0 aromatic heterocycles. The van der Waals surface area contributed by atoms with Crippen molar-refractivity contribution in [3.05, 3.63) is 57.6 Å². The van der Waals surface area contributed by atoms with Gasteiger partial charge >= 0.3 is 0 Å². The van der Waals surface area contributed by atoms with E-state index >= 15 is 0 Å². The fraction of sp³-hybridized carbons (Fsp3) is 0.350. The molecular weight excluding hydrogens is 364 g/mol. The molecule has 0 spiro atoms. The average Bonchev–Trinajstić information content (AvgIpc) is 2.62. The summed E-state index contributed by atoms with van der Waals surface area (Å²) in [7, 11) is -3.90. The van der Waals surface area contributed by atoms with Gasteiger partial charge in [0.1, 0.15) is 5.75 Å². The van der Waals surface area contributed by atoms with Gasteiger partial charge in [-0.25, -0.2) is 8.42 Å². The summed E-state index contributed by atoms with van der Waals surface area (Å²) >= 11 is 0. The molecule has 0 saturated carbocycles. The van der Waals surface area contributed by atoms with Crippen molar-refractivity contribution in [2.24, 2.45) is 0 Å². The highest BCUT2D eigenvalue weighted by Gasteiger charge is 2.24. The third-order valence-corrected chi connectivity index (χ3v) is 6.44. The Balaban J connectivity index is 2.09. The lowest BCUT2D eigenvalue weighted by Gasteiger charge is -2.19. The maximum absolute atomic E-state index is 12.7. The summed E-state index contributed by atoms with van der Waals surface area (Å²) < 4.78 is 30.8. The van der Waals surface area contributed by atoms with Crippen LogP contribution < -0.4 is 15.0 Å². The van der Waals surface area contributed by atoms with Crippen molar-refractivity contribution < 1.29 is 17.9 Å². The maximum Gasteiger partial charge on any atom is 0.272 e. The van der Waals surface area contributed by atoms with E-state index in [4.69, 9.17) is 4.74 Å². The van der Waals surface area contributed by atoms with E-state index in [9.17, 15) is 13.2 Å². The standard InChI is InChI=1S/C20H26N2O4S/c1-12-7-9-18(10-8-12)26-11-19(23)21-22-27(24,25)20-16(5)14(3)13(2)15(4)17(20)6/h7-10,22H,11H2,1-6H3,(H,21,23). The summed E-state index contributed by atoms with van der Waals surface area (Å²) in [5.41, 5.74) is 7.55. The highest BCUT2D eigenvalue weighted by molar-refractivity contribution is 7.89. The van der Waals surface area contributed by atoms with Crippen molar-refractivity contribution in [3.8, 4) is 5.75 Å². The number of aryl methyl sites for hydroxylation is 1. The highest BCUT2D eigenvalue weighted by Crippen LogP contribution is 2.29. The van der Waals surface area contributed by atoms with Gasteiger partial charge in [0, 0.05) is 0 Å². The predicted molar refractivity (Wildman–Crippen MR) is 105 cm³/mol. The van der Waals surface area contributed by atoms with Crippen LogP contribution in [0, 0.1) is 41.5 Å². The molecule has 0 fully saturated rings. The smallest absolute Gasteiger partial charge is 0.272 e. The molecule has 146 valence electrons. The van der Waals surface area contributed by atoms with Gasteiger partial charge in [0.2, 0.25) is 0 Å². The molecule has 1 amide bonds. The molecule has 0 bridgehead atoms. The van der Waals surface area contributed by atoms with Crippen LogP contribution in [0.15, 0.2) is 29.2 Å². The van der Waals surface area contributed by atoms with E-state index < -0.39 is 15.9 Å². The minimum absolute atomic E-state index is 0.197. The topological polar surface area (TPSA) is 84.5 Å². The first-order valence-electron chi connectivity index (χ1n) is 8.61. The van der Waals surface area contributed by atoms with Gasteiger partial charge in [-0.1, -0.05) is 17.7 Å². The molecule has 6 nitrogen and oxygen atoms in total. The van der Waals surface area contributed by atoms with Gasteiger partial charge in [-0.05, 0) is 81.5 Å². The maximum atomic E-state index is 12.7. The molecule has 2 aromatic rings. The van der Waals surface area contributed by atoms with Gasteiger partial charge in [0.15, 0.2) is 6.61 Å². The van der Waals surface area contributed by atoms with Crippen LogP contribution in [0.2, 0.25) is 0 Å². The van der Waals surface area contributed by atoms with Crippen LogP contribution in [0.1, 0.15) is 33.4 Å². The molecular formula is C20H26N2O4S. The fourth-order valence-corrected chi connectivity index (χ4v) is 4.33. The van der Waals surface area contributed by atoms with Crippen molar-refractivity contribution >= 4 is 15.9 Å². The fourth-order valence-electron chi connectivity index (χ4n) is 2.86. The number of ether oxygens (including phenoxy) is 1. The minimum atomic E-state index is -3.90. The van der Waals surface area contributed by atoms with Crippen molar-refractivity contribution in [2.75, 3.05) is 6.61 Å². The number of hydrazine groups is 1. The Bertz CT molecular complexity index is 935. The summed E-state index contributed by atoms with van der Waals surface area (Å²) in [5, 5.41) is 0. The Morgan fingerprint density at radius 1 is 0.852 bits per heavy atom. The minimum Gasteiger partial charge on any atom is -0.484 e. The zero-order valence-corrected chi connectivity index (χ0v) is 17.4. The zero-order valence-electron chi connectivity index (χ0n) is 16.6. The molecule has 0 saturated heterocycles. The molecule has 2 rings (SSSR count). The van der Waals surface area contributed by atoms with Crippen LogP contribution in [-0.4, -0.2) is 20.9 Å². The Kier molecular flexibility index (Phi) is 6.28. The van der Waals surface area contributed by atoms with E-state index in [-0.39, 0.29) is 11.5 Å². The molecule has 2 aromatic carbocycles. The molecule has 2 N–H and O–H groups in total. The summed E-state index contributed by atoms with van der Waals surface area (Å²) in [6.07, 6.45) is 0. The second kappa shape index (κ2) is 8.10. The van der Waals surface area contributed by atoms with Crippen LogP contribution in [0.25, 0.3) is 0 Å². The summed E-state index contributed by atoms with van der Waals surface area (Å²) in [6.45, 7) is 10.9. The molecule has 0 radical (unpaired) electrons. The van der Waals surface area contributed by atoms with Crippen LogP contribution in [0.4, 0.5) is 0 Å². The number of amides is 1. The summed E-state index contributed by atoms with van der Waals surface area (Å²) in [5.74, 6) is -0.0508. The molecule has 0 aliphatic carbocycles. The molecule has 0 atom stereocenters. The monoisotopic (exact) mass is 390 g/mol. The van der Waals surface area contributed by atoms with Gasteiger partial charge < -0.3 is 4.74 Å². The molecule has 7 heteroatoms.